The van der Waals surface area contributed by atoms with Crippen LogP contribution in [-0.4, -0.2) is 6.04 Å². The van der Waals surface area contributed by atoms with Crippen molar-refractivity contribution in [3.63, 3.8) is 0 Å². The maximum atomic E-state index is 5.61. The molecule has 0 spiro atoms. The lowest BCUT2D eigenvalue weighted by molar-refractivity contribution is 0.237. The Morgan fingerprint density at radius 1 is 1.29 bits per heavy atom. The van der Waals surface area contributed by atoms with Gasteiger partial charge in [0.05, 0.1) is 0 Å². The molecular formula is C12H26N2. The zero-order valence-electron chi connectivity index (χ0n) is 9.76. The zero-order valence-corrected chi connectivity index (χ0v) is 9.76. The van der Waals surface area contributed by atoms with Crippen LogP contribution < -0.4 is 11.3 Å². The van der Waals surface area contributed by atoms with Crippen LogP contribution in [-0.2, 0) is 0 Å². The van der Waals surface area contributed by atoms with Gasteiger partial charge >= 0.3 is 0 Å². The SMILES string of the molecule is CCC(CC)CC(CC1CCC1)NN. The third kappa shape index (κ3) is 3.58. The Bertz CT molecular complexity index is 139. The second-order valence-electron chi connectivity index (χ2n) is 4.81. The molecule has 1 atom stereocenters. The average Bonchev–Trinajstić information content (AvgIpc) is 2.16. The second-order valence-corrected chi connectivity index (χ2v) is 4.81. The minimum Gasteiger partial charge on any atom is -0.271 e. The molecule has 0 radical (unpaired) electrons. The number of nitrogens with one attached hydrogen (secondary N) is 1. The number of hydrazine groups is 1. The van der Waals surface area contributed by atoms with E-state index in [1.54, 1.807) is 0 Å². The molecular weight excluding hydrogens is 172 g/mol. The van der Waals surface area contributed by atoms with E-state index in [1.165, 1.54) is 44.9 Å². The highest BCUT2D eigenvalue weighted by atomic mass is 15.2. The molecule has 1 rings (SSSR count). The highest BCUT2D eigenvalue weighted by Gasteiger charge is 2.22. The molecule has 1 aliphatic rings. The van der Waals surface area contributed by atoms with Gasteiger partial charge in [0.25, 0.3) is 0 Å². The average molecular weight is 198 g/mol. The lowest BCUT2D eigenvalue weighted by atomic mass is 9.79. The van der Waals surface area contributed by atoms with Crippen LogP contribution in [0.3, 0.4) is 0 Å². The quantitative estimate of drug-likeness (QED) is 0.487. The molecule has 84 valence electrons. The minimum atomic E-state index is 0.560. The van der Waals surface area contributed by atoms with Gasteiger partial charge in [-0.15, -0.1) is 0 Å². The van der Waals surface area contributed by atoms with E-state index in [4.69, 9.17) is 5.84 Å². The fraction of sp³-hybridized carbons (Fsp3) is 1.00. The standard InChI is InChI=1S/C12H26N2/c1-3-10(4-2)8-12(14-13)9-11-6-5-7-11/h10-12,14H,3-9,13H2,1-2H3. The minimum absolute atomic E-state index is 0.560. The van der Waals surface area contributed by atoms with Gasteiger partial charge in [-0.3, -0.25) is 11.3 Å². The Hall–Kier alpha value is -0.0800. The molecule has 0 saturated heterocycles. The third-order valence-electron chi connectivity index (χ3n) is 3.85. The van der Waals surface area contributed by atoms with Crippen LogP contribution in [0.25, 0.3) is 0 Å². The summed E-state index contributed by atoms with van der Waals surface area (Å²) >= 11 is 0. The molecule has 0 bridgehead atoms. The van der Waals surface area contributed by atoms with Gasteiger partial charge in [0.1, 0.15) is 0 Å². The highest BCUT2D eigenvalue weighted by Crippen LogP contribution is 2.32. The molecule has 0 aliphatic heterocycles. The third-order valence-corrected chi connectivity index (χ3v) is 3.85. The lowest BCUT2D eigenvalue weighted by Gasteiger charge is -2.30. The number of hydrogen-bond donors (Lipinski definition) is 2. The maximum Gasteiger partial charge on any atom is 0.0215 e. The largest absolute Gasteiger partial charge is 0.271 e. The van der Waals surface area contributed by atoms with E-state index >= 15 is 0 Å². The van der Waals surface area contributed by atoms with Crippen molar-refractivity contribution < 1.29 is 0 Å². The molecule has 2 heteroatoms. The molecule has 1 saturated carbocycles. The van der Waals surface area contributed by atoms with Crippen molar-refractivity contribution in [3.8, 4) is 0 Å². The predicted molar refractivity (Wildman–Crippen MR) is 61.8 cm³/mol. The van der Waals surface area contributed by atoms with Crippen LogP contribution in [0.15, 0.2) is 0 Å². The Morgan fingerprint density at radius 2 is 1.93 bits per heavy atom. The van der Waals surface area contributed by atoms with E-state index in [2.05, 4.69) is 19.3 Å². The molecule has 0 heterocycles. The molecule has 0 aromatic rings. The van der Waals surface area contributed by atoms with Gasteiger partial charge < -0.3 is 0 Å². The first-order chi connectivity index (χ1) is 6.80. The van der Waals surface area contributed by atoms with Gasteiger partial charge in [0.15, 0.2) is 0 Å². The Labute approximate surface area is 88.6 Å². The van der Waals surface area contributed by atoms with Crippen LogP contribution >= 0.6 is 0 Å². The van der Waals surface area contributed by atoms with Crippen LogP contribution in [0, 0.1) is 11.8 Å². The van der Waals surface area contributed by atoms with Gasteiger partial charge in [0.2, 0.25) is 0 Å². The molecule has 1 aliphatic carbocycles. The van der Waals surface area contributed by atoms with Crippen molar-refractivity contribution in [3.05, 3.63) is 0 Å². The van der Waals surface area contributed by atoms with E-state index < -0.39 is 0 Å². The Morgan fingerprint density at radius 3 is 2.29 bits per heavy atom. The number of hydrogen-bond acceptors (Lipinski definition) is 2. The summed E-state index contributed by atoms with van der Waals surface area (Å²) in [7, 11) is 0. The summed E-state index contributed by atoms with van der Waals surface area (Å²) in [6.45, 7) is 4.57. The van der Waals surface area contributed by atoms with Crippen molar-refractivity contribution in [2.45, 2.75) is 64.8 Å². The van der Waals surface area contributed by atoms with E-state index in [-0.39, 0.29) is 0 Å². The van der Waals surface area contributed by atoms with Crippen molar-refractivity contribution in [2.24, 2.45) is 17.7 Å². The predicted octanol–water partition coefficient (Wildman–Crippen LogP) is 2.83. The van der Waals surface area contributed by atoms with E-state index in [0.29, 0.717) is 6.04 Å². The molecule has 3 N–H and O–H groups in total. The molecule has 1 unspecified atom stereocenters. The van der Waals surface area contributed by atoms with Crippen molar-refractivity contribution in [1.82, 2.24) is 5.43 Å². The molecule has 2 nitrogen and oxygen atoms in total. The summed E-state index contributed by atoms with van der Waals surface area (Å²) in [5, 5.41) is 0. The highest BCUT2D eigenvalue weighted by molar-refractivity contribution is 4.77. The molecule has 0 amide bonds. The summed E-state index contributed by atoms with van der Waals surface area (Å²) in [5.74, 6) is 7.43. The topological polar surface area (TPSA) is 38.0 Å². The van der Waals surface area contributed by atoms with Gasteiger partial charge in [-0.05, 0) is 24.7 Å². The number of nitrogens with two attached hydrogens (primary N) is 1. The smallest absolute Gasteiger partial charge is 0.0215 e. The molecule has 0 aromatic carbocycles. The summed E-state index contributed by atoms with van der Waals surface area (Å²) in [4.78, 5) is 0. The monoisotopic (exact) mass is 198 g/mol. The van der Waals surface area contributed by atoms with Crippen LogP contribution in [0.5, 0.6) is 0 Å². The summed E-state index contributed by atoms with van der Waals surface area (Å²) in [6.07, 6.45) is 9.45. The summed E-state index contributed by atoms with van der Waals surface area (Å²) in [5.41, 5.74) is 3.00. The first kappa shape index (κ1) is 12.0. The van der Waals surface area contributed by atoms with Crippen molar-refractivity contribution in [2.75, 3.05) is 0 Å². The fourth-order valence-corrected chi connectivity index (χ4v) is 2.39. The Kier molecular flexibility index (Phi) is 5.49. The maximum absolute atomic E-state index is 5.61. The fourth-order valence-electron chi connectivity index (χ4n) is 2.39. The summed E-state index contributed by atoms with van der Waals surface area (Å²) < 4.78 is 0. The zero-order chi connectivity index (χ0) is 10.4. The van der Waals surface area contributed by atoms with E-state index in [0.717, 1.165) is 11.8 Å². The number of rotatable bonds is 7. The Balaban J connectivity index is 2.21. The van der Waals surface area contributed by atoms with Crippen LogP contribution in [0.4, 0.5) is 0 Å². The van der Waals surface area contributed by atoms with Crippen LogP contribution in [0.2, 0.25) is 0 Å². The van der Waals surface area contributed by atoms with E-state index in [1.807, 2.05) is 0 Å². The van der Waals surface area contributed by atoms with Gasteiger partial charge in [-0.25, -0.2) is 0 Å². The first-order valence-electron chi connectivity index (χ1n) is 6.26. The molecule has 1 fully saturated rings. The second kappa shape index (κ2) is 6.41. The van der Waals surface area contributed by atoms with E-state index in [9.17, 15) is 0 Å². The molecule has 0 aromatic heterocycles. The normalized spacial score (nSPS) is 19.7. The van der Waals surface area contributed by atoms with Crippen molar-refractivity contribution in [1.29, 1.82) is 0 Å². The lowest BCUT2D eigenvalue weighted by Crippen LogP contribution is -2.39. The van der Waals surface area contributed by atoms with Crippen LogP contribution in [0.1, 0.15) is 58.8 Å². The molecule has 14 heavy (non-hydrogen) atoms. The van der Waals surface area contributed by atoms with Gasteiger partial charge in [-0.2, -0.15) is 0 Å². The van der Waals surface area contributed by atoms with Gasteiger partial charge in [-0.1, -0.05) is 46.0 Å². The summed E-state index contributed by atoms with van der Waals surface area (Å²) in [6, 6.07) is 0.560. The first-order valence-corrected chi connectivity index (χ1v) is 6.26. The van der Waals surface area contributed by atoms with Crippen molar-refractivity contribution >= 4 is 0 Å². The van der Waals surface area contributed by atoms with Gasteiger partial charge in [0, 0.05) is 6.04 Å².